The minimum Gasteiger partial charge on any atom is -0.496 e. The Morgan fingerprint density at radius 3 is 2.63 bits per heavy atom. The largest absolute Gasteiger partial charge is 0.496 e. The van der Waals surface area contributed by atoms with Gasteiger partial charge >= 0.3 is 0 Å². The van der Waals surface area contributed by atoms with Crippen molar-refractivity contribution in [3.63, 3.8) is 0 Å². The number of rotatable bonds is 7. The van der Waals surface area contributed by atoms with E-state index in [-0.39, 0.29) is 23.7 Å². The highest BCUT2D eigenvalue weighted by Gasteiger charge is 2.39. The molecule has 7 nitrogen and oxygen atoms in total. The van der Waals surface area contributed by atoms with Crippen LogP contribution in [0.4, 0.5) is 15.8 Å². The molecule has 2 aromatic carbocycles. The molecule has 2 aromatic rings. The molecule has 8 heteroatoms. The summed E-state index contributed by atoms with van der Waals surface area (Å²) in [6.07, 6.45) is 3.84. The zero-order chi connectivity index (χ0) is 21.7. The number of carbonyl (C=O) groups is 1. The third-order valence-corrected chi connectivity index (χ3v) is 5.70. The number of nitro groups is 1. The van der Waals surface area contributed by atoms with Gasteiger partial charge in [0, 0.05) is 24.4 Å². The second-order valence-electron chi connectivity index (χ2n) is 7.63. The van der Waals surface area contributed by atoms with Crippen molar-refractivity contribution < 1.29 is 18.8 Å². The first kappa shape index (κ1) is 21.7. The molecule has 0 aromatic heterocycles. The van der Waals surface area contributed by atoms with Crippen LogP contribution in [-0.4, -0.2) is 23.5 Å². The molecule has 1 aliphatic carbocycles. The molecule has 0 unspecified atom stereocenters. The van der Waals surface area contributed by atoms with Crippen LogP contribution in [0.1, 0.15) is 43.2 Å². The minimum absolute atomic E-state index is 0.0442. The van der Waals surface area contributed by atoms with Gasteiger partial charge in [-0.15, -0.1) is 0 Å². The number of ether oxygens (including phenoxy) is 1. The van der Waals surface area contributed by atoms with Crippen LogP contribution in [0.25, 0.3) is 0 Å². The molecular weight excluding hydrogens is 389 g/mol. The topological polar surface area (TPSA) is 93.5 Å². The van der Waals surface area contributed by atoms with E-state index in [1.807, 2.05) is 13.0 Å². The summed E-state index contributed by atoms with van der Waals surface area (Å²) >= 11 is 0. The number of methoxy groups -OCH3 is 1. The van der Waals surface area contributed by atoms with E-state index in [0.717, 1.165) is 24.8 Å². The molecule has 0 bridgehead atoms. The first-order chi connectivity index (χ1) is 14.4. The normalized spacial score (nSPS) is 15.4. The van der Waals surface area contributed by atoms with E-state index in [4.69, 9.17) is 4.74 Å². The lowest BCUT2D eigenvalue weighted by atomic mass is 9.80. The summed E-state index contributed by atoms with van der Waals surface area (Å²) in [4.78, 5) is 23.9. The summed E-state index contributed by atoms with van der Waals surface area (Å²) < 4.78 is 19.6. The second-order valence-corrected chi connectivity index (χ2v) is 7.63. The van der Waals surface area contributed by atoms with Crippen LogP contribution in [0, 0.1) is 22.9 Å². The number of halogens is 1. The van der Waals surface area contributed by atoms with E-state index in [1.54, 1.807) is 19.2 Å². The van der Waals surface area contributed by atoms with Crippen molar-refractivity contribution in [2.45, 2.75) is 51.1 Å². The van der Waals surface area contributed by atoms with Gasteiger partial charge in [0.1, 0.15) is 11.6 Å². The van der Waals surface area contributed by atoms with Crippen molar-refractivity contribution >= 4 is 17.3 Å². The van der Waals surface area contributed by atoms with Crippen molar-refractivity contribution in [2.24, 2.45) is 0 Å². The van der Waals surface area contributed by atoms with Gasteiger partial charge in [-0.3, -0.25) is 20.2 Å². The van der Waals surface area contributed by atoms with Gasteiger partial charge in [0.15, 0.2) is 0 Å². The predicted molar refractivity (Wildman–Crippen MR) is 112 cm³/mol. The molecule has 1 aliphatic rings. The molecule has 30 heavy (non-hydrogen) atoms. The molecule has 0 aliphatic heterocycles. The Labute approximate surface area is 174 Å². The van der Waals surface area contributed by atoms with Gasteiger partial charge in [-0.25, -0.2) is 4.39 Å². The summed E-state index contributed by atoms with van der Waals surface area (Å²) in [5, 5.41) is 17.4. The average Bonchev–Trinajstić information content (AvgIpc) is 2.74. The Morgan fingerprint density at radius 2 is 1.97 bits per heavy atom. The number of nitrogens with one attached hydrogen (secondary N) is 2. The van der Waals surface area contributed by atoms with E-state index in [0.29, 0.717) is 24.3 Å². The molecule has 0 radical (unpaired) electrons. The predicted octanol–water partition coefficient (Wildman–Crippen LogP) is 4.48. The van der Waals surface area contributed by atoms with Gasteiger partial charge in [-0.1, -0.05) is 31.4 Å². The van der Waals surface area contributed by atoms with E-state index in [1.165, 1.54) is 18.2 Å². The quantitative estimate of drug-likeness (QED) is 0.514. The van der Waals surface area contributed by atoms with E-state index < -0.39 is 16.3 Å². The number of hydrogen-bond acceptors (Lipinski definition) is 5. The summed E-state index contributed by atoms with van der Waals surface area (Å²) in [7, 11) is 1.57. The molecular formula is C22H26FN3O4. The maximum Gasteiger partial charge on any atom is 0.276 e. The molecule has 2 N–H and O–H groups in total. The molecule has 1 amide bonds. The van der Waals surface area contributed by atoms with E-state index in [9.17, 15) is 19.3 Å². The molecule has 0 spiro atoms. The lowest BCUT2D eigenvalue weighted by Crippen LogP contribution is -2.55. The van der Waals surface area contributed by atoms with Crippen LogP contribution < -0.4 is 15.4 Å². The third kappa shape index (κ3) is 4.59. The van der Waals surface area contributed by atoms with Crippen LogP contribution in [-0.2, 0) is 11.3 Å². The molecule has 0 atom stereocenters. The van der Waals surface area contributed by atoms with Crippen LogP contribution in [0.3, 0.4) is 0 Å². The number of amides is 1. The third-order valence-electron chi connectivity index (χ3n) is 5.70. The molecule has 3 rings (SSSR count). The number of benzene rings is 2. The maximum atomic E-state index is 14.3. The summed E-state index contributed by atoms with van der Waals surface area (Å²) in [6, 6.07) is 9.19. The Morgan fingerprint density at radius 1 is 1.23 bits per heavy atom. The summed E-state index contributed by atoms with van der Waals surface area (Å²) in [5.41, 5.74) is 0.292. The Bertz CT molecular complexity index is 942. The van der Waals surface area contributed by atoms with Gasteiger partial charge in [0.25, 0.3) is 5.69 Å². The monoisotopic (exact) mass is 415 g/mol. The Kier molecular flexibility index (Phi) is 6.66. The van der Waals surface area contributed by atoms with Crippen molar-refractivity contribution in [1.82, 2.24) is 5.32 Å². The van der Waals surface area contributed by atoms with Gasteiger partial charge in [-0.05, 0) is 37.5 Å². The highest BCUT2D eigenvalue weighted by molar-refractivity contribution is 5.98. The number of hydrogen-bond donors (Lipinski definition) is 2. The fourth-order valence-corrected chi connectivity index (χ4v) is 3.94. The van der Waals surface area contributed by atoms with Gasteiger partial charge < -0.3 is 10.1 Å². The second kappa shape index (κ2) is 9.21. The van der Waals surface area contributed by atoms with Crippen molar-refractivity contribution in [1.29, 1.82) is 0 Å². The van der Waals surface area contributed by atoms with E-state index >= 15 is 0 Å². The fraction of sp³-hybridized carbons (Fsp3) is 0.409. The van der Waals surface area contributed by atoms with Crippen molar-refractivity contribution in [2.75, 3.05) is 12.4 Å². The number of anilines is 1. The van der Waals surface area contributed by atoms with E-state index in [2.05, 4.69) is 10.6 Å². The van der Waals surface area contributed by atoms with Crippen LogP contribution in [0.15, 0.2) is 36.4 Å². The zero-order valence-electron chi connectivity index (χ0n) is 17.2. The van der Waals surface area contributed by atoms with Crippen molar-refractivity contribution in [3.8, 4) is 5.75 Å². The molecule has 1 saturated carbocycles. The number of nitrogens with zero attached hydrogens (tertiary/aromatic N) is 1. The van der Waals surface area contributed by atoms with Gasteiger partial charge in [0.2, 0.25) is 5.91 Å². The molecule has 160 valence electrons. The molecule has 0 heterocycles. The number of aryl methyl sites for hydroxylation is 1. The lowest BCUT2D eigenvalue weighted by Gasteiger charge is -2.37. The lowest BCUT2D eigenvalue weighted by molar-refractivity contribution is -0.385. The number of nitro benzene ring substituents is 1. The van der Waals surface area contributed by atoms with Gasteiger partial charge in [-0.2, -0.15) is 0 Å². The van der Waals surface area contributed by atoms with Crippen LogP contribution in [0.2, 0.25) is 0 Å². The fourth-order valence-electron chi connectivity index (χ4n) is 3.94. The molecule has 0 saturated heterocycles. The smallest absolute Gasteiger partial charge is 0.276 e. The standard InChI is InChI=1S/C22H26FN3O4/c1-15-9-10-16(13-20(15)30-2)25-21(27)22(11-4-3-5-12-22)24-14-17-18(23)7-6-8-19(17)26(28)29/h6-10,13,24H,3-5,11-12,14H2,1-2H3,(H,25,27). The molecule has 1 fully saturated rings. The average molecular weight is 415 g/mol. The van der Waals surface area contributed by atoms with Crippen molar-refractivity contribution in [3.05, 3.63) is 63.5 Å². The highest BCUT2D eigenvalue weighted by atomic mass is 19.1. The van der Waals surface area contributed by atoms with Crippen LogP contribution in [0.5, 0.6) is 5.75 Å². The number of carbonyl (C=O) groups excluding carboxylic acids is 1. The summed E-state index contributed by atoms with van der Waals surface area (Å²) in [5.74, 6) is -0.223. The Hall–Kier alpha value is -3.00. The minimum atomic E-state index is -0.924. The maximum absolute atomic E-state index is 14.3. The first-order valence-electron chi connectivity index (χ1n) is 9.99. The SMILES string of the molecule is COc1cc(NC(=O)C2(NCc3c(F)cccc3[N+](=O)[O-])CCCCC2)ccc1C. The summed E-state index contributed by atoms with van der Waals surface area (Å²) in [6.45, 7) is 1.81. The van der Waals surface area contributed by atoms with Gasteiger partial charge in [0.05, 0.1) is 23.1 Å². The Balaban J connectivity index is 1.83. The zero-order valence-corrected chi connectivity index (χ0v) is 17.2. The highest BCUT2D eigenvalue weighted by Crippen LogP contribution is 2.32. The van der Waals surface area contributed by atoms with Crippen LogP contribution >= 0.6 is 0 Å². The first-order valence-corrected chi connectivity index (χ1v) is 9.99.